The summed E-state index contributed by atoms with van der Waals surface area (Å²) < 4.78 is 54.3. The maximum atomic E-state index is 11.8. The number of anilines is 2. The molecule has 0 spiro atoms. The minimum Gasteiger partial charge on any atom is -0.399 e. The molecule has 0 saturated carbocycles. The Morgan fingerprint density at radius 2 is 0.745 bits per heavy atom. The van der Waals surface area contributed by atoms with Gasteiger partial charge >= 0.3 is 17.1 Å². The van der Waals surface area contributed by atoms with E-state index in [2.05, 4.69) is 39.3 Å². The molecule has 0 fully saturated rings. The summed E-state index contributed by atoms with van der Waals surface area (Å²) in [5, 5.41) is 0. The number of hydrogen-bond donors (Lipinski definition) is 2. The third-order valence-electron chi connectivity index (χ3n) is 5.46. The number of rotatable bonds is 7. The minimum absolute atomic E-state index is 0. The van der Waals surface area contributed by atoms with Gasteiger partial charge in [0.15, 0.2) is 0 Å². The van der Waals surface area contributed by atoms with Crippen molar-refractivity contribution in [1.82, 2.24) is 29.9 Å². The van der Waals surface area contributed by atoms with Crippen molar-refractivity contribution in [2.45, 2.75) is 9.79 Å². The Labute approximate surface area is 282 Å². The van der Waals surface area contributed by atoms with E-state index in [1.807, 2.05) is 36.4 Å². The quantitative estimate of drug-likeness (QED) is 0.164. The SMILES string of the molecule is Nc1ccc(S(=O)(=O)[N-]c2ncccn2)cc1.Nc1ccc(S(=O)(=O)[N-]c2ncccn2)cc1.[Mn+2].c1ccc(-c2ccccn2)nc1. The molecule has 4 aromatic heterocycles. The standard InChI is InChI=1S/2C10H9N4O2S.C10H8N2.Mn/c2*11-8-2-4-9(5-3-8)17(15,16)14-10-12-6-1-7-13-10;1-3-7-11-9(5-1)10-6-2-4-8-12-10;/h2*1-7H,11H2;1-8H;/q2*-1;;+2. The molecule has 0 unspecified atom stereocenters. The van der Waals surface area contributed by atoms with E-state index in [-0.39, 0.29) is 38.8 Å². The van der Waals surface area contributed by atoms with Gasteiger partial charge in [-0.25, -0.2) is 16.8 Å². The molecule has 4 heterocycles. The monoisotopic (exact) mass is 709 g/mol. The first-order valence-electron chi connectivity index (χ1n) is 13.2. The third kappa shape index (κ3) is 11.4. The number of nitrogens with zero attached hydrogens (tertiary/aromatic N) is 8. The second kappa shape index (κ2) is 17.3. The van der Waals surface area contributed by atoms with Crippen LogP contribution in [0.25, 0.3) is 20.8 Å². The summed E-state index contributed by atoms with van der Waals surface area (Å²) in [6.07, 6.45) is 9.22. The van der Waals surface area contributed by atoms with Crippen LogP contribution in [0, 0.1) is 0 Å². The Balaban J connectivity index is 0.000000192. The number of benzene rings is 2. The van der Waals surface area contributed by atoms with Crippen molar-refractivity contribution in [1.29, 1.82) is 0 Å². The molecule has 239 valence electrons. The van der Waals surface area contributed by atoms with Gasteiger partial charge in [0.25, 0.3) is 0 Å². The zero-order chi connectivity index (χ0) is 32.8. The number of aromatic nitrogens is 6. The van der Waals surface area contributed by atoms with E-state index in [0.29, 0.717) is 11.4 Å². The zero-order valence-electron chi connectivity index (χ0n) is 24.3. The van der Waals surface area contributed by atoms with Gasteiger partial charge in [-0.05, 0) is 97.6 Å². The van der Waals surface area contributed by atoms with E-state index in [9.17, 15) is 16.8 Å². The summed E-state index contributed by atoms with van der Waals surface area (Å²) in [4.78, 5) is 23.4. The van der Waals surface area contributed by atoms with Crippen LogP contribution in [0.2, 0.25) is 0 Å². The van der Waals surface area contributed by atoms with Crippen LogP contribution in [-0.4, -0.2) is 46.7 Å². The van der Waals surface area contributed by atoms with Gasteiger partial charge in [-0.3, -0.25) is 19.4 Å². The third-order valence-corrected chi connectivity index (χ3v) is 8.00. The van der Waals surface area contributed by atoms with Crippen LogP contribution in [-0.2, 0) is 37.1 Å². The Bertz CT molecular complexity index is 1860. The molecule has 14 nitrogen and oxygen atoms in total. The summed E-state index contributed by atoms with van der Waals surface area (Å²) in [5.41, 5.74) is 13.7. The molecule has 6 aromatic rings. The molecule has 2 aromatic carbocycles. The van der Waals surface area contributed by atoms with Crippen LogP contribution in [0.4, 0.5) is 23.3 Å². The summed E-state index contributed by atoms with van der Waals surface area (Å²) in [6.45, 7) is 0. The molecule has 0 saturated heterocycles. The minimum atomic E-state index is -3.79. The Morgan fingerprint density at radius 1 is 0.426 bits per heavy atom. The molecule has 47 heavy (non-hydrogen) atoms. The van der Waals surface area contributed by atoms with E-state index in [4.69, 9.17) is 11.5 Å². The fourth-order valence-corrected chi connectivity index (χ4v) is 5.09. The Hall–Kier alpha value is -5.48. The first kappa shape index (κ1) is 36.0. The Morgan fingerprint density at radius 3 is 1.04 bits per heavy atom. The average molecular weight is 710 g/mol. The fourth-order valence-electron chi connectivity index (χ4n) is 3.31. The number of nitrogen functional groups attached to an aromatic ring is 2. The van der Waals surface area contributed by atoms with Gasteiger partial charge in [0.1, 0.15) is 0 Å². The van der Waals surface area contributed by atoms with Crippen molar-refractivity contribution in [3.05, 3.63) is 144 Å². The maximum Gasteiger partial charge on any atom is 2.00 e. The van der Waals surface area contributed by atoms with Gasteiger partial charge in [0.05, 0.1) is 21.2 Å². The Kier molecular flexibility index (Phi) is 13.2. The van der Waals surface area contributed by atoms with Crippen LogP contribution in [0.15, 0.2) is 144 Å². The molecular formula is C30H26MnN10O4S2. The molecule has 17 heteroatoms. The molecule has 0 aliphatic rings. The second-order valence-electron chi connectivity index (χ2n) is 8.80. The summed E-state index contributed by atoms with van der Waals surface area (Å²) in [5.74, 6) is -0.186. The molecule has 1 radical (unpaired) electrons. The van der Waals surface area contributed by atoms with Crippen molar-refractivity contribution >= 4 is 43.3 Å². The molecule has 0 amide bonds. The van der Waals surface area contributed by atoms with Gasteiger partial charge in [0.2, 0.25) is 20.0 Å². The fraction of sp³-hybridized carbons (Fsp3) is 0. The van der Waals surface area contributed by atoms with E-state index in [1.54, 1.807) is 24.5 Å². The smallest absolute Gasteiger partial charge is 0.399 e. The normalized spacial score (nSPS) is 10.5. The predicted molar refractivity (Wildman–Crippen MR) is 174 cm³/mol. The van der Waals surface area contributed by atoms with Crippen LogP contribution in [0.5, 0.6) is 0 Å². The van der Waals surface area contributed by atoms with Crippen molar-refractivity contribution in [2.75, 3.05) is 11.5 Å². The number of hydrogen-bond acceptors (Lipinski definition) is 12. The average Bonchev–Trinajstić information content (AvgIpc) is 3.07. The molecule has 0 atom stereocenters. The first-order chi connectivity index (χ1) is 22.1. The molecular weight excluding hydrogens is 683 g/mol. The molecule has 6 rings (SSSR count). The number of pyridine rings is 2. The van der Waals surface area contributed by atoms with Crippen LogP contribution in [0.1, 0.15) is 0 Å². The van der Waals surface area contributed by atoms with Gasteiger partial charge in [-0.2, -0.15) is 0 Å². The molecule has 0 bridgehead atoms. The van der Waals surface area contributed by atoms with E-state index >= 15 is 0 Å². The van der Waals surface area contributed by atoms with E-state index < -0.39 is 20.0 Å². The van der Waals surface area contributed by atoms with Crippen LogP contribution >= 0.6 is 0 Å². The van der Waals surface area contributed by atoms with Gasteiger partial charge in [-0.15, -0.1) is 0 Å². The zero-order valence-corrected chi connectivity index (χ0v) is 27.1. The first-order valence-corrected chi connectivity index (χ1v) is 16.0. The summed E-state index contributed by atoms with van der Waals surface area (Å²) in [6, 6.07) is 26.3. The van der Waals surface area contributed by atoms with Crippen molar-refractivity contribution in [3.8, 4) is 11.4 Å². The molecule has 0 aliphatic carbocycles. The van der Waals surface area contributed by atoms with Gasteiger partial charge in [0, 0.05) is 35.7 Å². The number of sulfonamides is 2. The summed E-state index contributed by atoms with van der Waals surface area (Å²) >= 11 is 0. The topological polar surface area (TPSA) is 226 Å². The van der Waals surface area contributed by atoms with E-state index in [0.717, 1.165) is 11.4 Å². The van der Waals surface area contributed by atoms with Crippen molar-refractivity contribution < 1.29 is 33.9 Å². The van der Waals surface area contributed by atoms with E-state index in [1.165, 1.54) is 73.3 Å². The summed E-state index contributed by atoms with van der Waals surface area (Å²) in [7, 11) is -7.57. The maximum absolute atomic E-state index is 11.8. The van der Waals surface area contributed by atoms with Crippen LogP contribution in [0.3, 0.4) is 0 Å². The van der Waals surface area contributed by atoms with Gasteiger partial charge in [-0.1, -0.05) is 24.3 Å². The van der Waals surface area contributed by atoms with Crippen LogP contribution < -0.4 is 11.5 Å². The number of nitrogens with two attached hydrogens (primary N) is 2. The predicted octanol–water partition coefficient (Wildman–Crippen LogP) is 5.05. The molecule has 0 aliphatic heterocycles. The molecule has 4 N–H and O–H groups in total. The van der Waals surface area contributed by atoms with Crippen molar-refractivity contribution in [2.24, 2.45) is 0 Å². The largest absolute Gasteiger partial charge is 2.00 e. The van der Waals surface area contributed by atoms with Gasteiger partial charge < -0.3 is 31.4 Å². The second-order valence-corrected chi connectivity index (χ2v) is 12.0. The van der Waals surface area contributed by atoms with Crippen molar-refractivity contribution in [3.63, 3.8) is 0 Å².